The highest BCUT2D eigenvalue weighted by molar-refractivity contribution is 8.11. The zero-order valence-electron chi connectivity index (χ0n) is 7.98. The molecule has 0 unspecified atom stereocenters. The summed E-state index contributed by atoms with van der Waals surface area (Å²) in [6.45, 7) is 0. The molecular weight excluding hydrogens is 232 g/mol. The highest BCUT2D eigenvalue weighted by atomic mass is 32.1. The number of thiol groups is 1. The van der Waals surface area contributed by atoms with Gasteiger partial charge in [0.1, 0.15) is 10.1 Å². The van der Waals surface area contributed by atoms with E-state index in [1.165, 1.54) is 7.11 Å². The number of rotatable bonds is 2. The van der Waals surface area contributed by atoms with Crippen molar-refractivity contribution in [1.29, 1.82) is 0 Å². The van der Waals surface area contributed by atoms with Gasteiger partial charge in [-0.3, -0.25) is 15.6 Å². The summed E-state index contributed by atoms with van der Waals surface area (Å²) in [6, 6.07) is 6.88. The molecule has 6 heteroatoms. The second-order valence-electron chi connectivity index (χ2n) is 2.58. The minimum atomic E-state index is -0.330. The van der Waals surface area contributed by atoms with Crippen molar-refractivity contribution in [1.82, 2.24) is 10.9 Å². The average Bonchev–Trinajstić information content (AvgIpc) is 2.25. The number of thiocarbonyl (C=S) groups is 1. The Kier molecular flexibility index (Phi) is 4.38. The highest BCUT2D eigenvalue weighted by Crippen LogP contribution is 2.16. The van der Waals surface area contributed by atoms with Crippen LogP contribution in [0.4, 0.5) is 0 Å². The van der Waals surface area contributed by atoms with Gasteiger partial charge in [0.15, 0.2) is 0 Å². The third kappa shape index (κ3) is 3.41. The molecule has 80 valence electrons. The lowest BCUT2D eigenvalue weighted by atomic mass is 10.2. The molecule has 0 heterocycles. The lowest BCUT2D eigenvalue weighted by Gasteiger charge is -2.09. The molecule has 0 radical (unpaired) electrons. The molecule has 1 rings (SSSR count). The van der Waals surface area contributed by atoms with Gasteiger partial charge >= 0.3 is 0 Å². The van der Waals surface area contributed by atoms with Crippen LogP contribution < -0.4 is 15.6 Å². The van der Waals surface area contributed by atoms with Gasteiger partial charge in [-0.15, -0.1) is 12.6 Å². The second-order valence-corrected chi connectivity index (χ2v) is 3.74. The van der Waals surface area contributed by atoms with Crippen LogP contribution in [-0.4, -0.2) is 17.3 Å². The van der Waals surface area contributed by atoms with E-state index < -0.39 is 0 Å². The van der Waals surface area contributed by atoms with E-state index in [1.807, 2.05) is 0 Å². The topological polar surface area (TPSA) is 50.4 Å². The van der Waals surface area contributed by atoms with Crippen molar-refractivity contribution in [2.24, 2.45) is 0 Å². The van der Waals surface area contributed by atoms with Crippen molar-refractivity contribution in [2.45, 2.75) is 0 Å². The van der Waals surface area contributed by atoms with Gasteiger partial charge in [-0.1, -0.05) is 24.4 Å². The van der Waals surface area contributed by atoms with Crippen molar-refractivity contribution in [3.63, 3.8) is 0 Å². The first kappa shape index (κ1) is 11.8. The first-order valence-corrected chi connectivity index (χ1v) is 4.93. The van der Waals surface area contributed by atoms with Crippen molar-refractivity contribution in [3.05, 3.63) is 29.8 Å². The summed E-state index contributed by atoms with van der Waals surface area (Å²) in [5, 5.41) is 0. The maximum absolute atomic E-state index is 11.6. The molecule has 1 aromatic rings. The van der Waals surface area contributed by atoms with Crippen molar-refractivity contribution >= 4 is 35.1 Å². The quantitative estimate of drug-likeness (QED) is 0.413. The number of nitrogens with one attached hydrogen (secondary N) is 2. The molecular formula is C9H10N2O2S2. The number of hydrogen-bond acceptors (Lipinski definition) is 3. The molecule has 2 N–H and O–H groups in total. The van der Waals surface area contributed by atoms with E-state index >= 15 is 0 Å². The summed E-state index contributed by atoms with van der Waals surface area (Å²) in [6.07, 6.45) is 0. The van der Waals surface area contributed by atoms with E-state index in [9.17, 15) is 4.79 Å². The minimum absolute atomic E-state index is 0.193. The maximum Gasteiger partial charge on any atom is 0.273 e. The van der Waals surface area contributed by atoms with Crippen LogP contribution >= 0.6 is 24.8 Å². The van der Waals surface area contributed by atoms with Crippen LogP contribution in [0.1, 0.15) is 10.4 Å². The first-order chi connectivity index (χ1) is 7.15. The van der Waals surface area contributed by atoms with Crippen LogP contribution in [0.5, 0.6) is 5.75 Å². The van der Waals surface area contributed by atoms with Crippen LogP contribution in [0.25, 0.3) is 0 Å². The number of hydrogen-bond donors (Lipinski definition) is 3. The Bertz CT molecular complexity index is 382. The van der Waals surface area contributed by atoms with E-state index in [2.05, 4.69) is 35.7 Å². The summed E-state index contributed by atoms with van der Waals surface area (Å²) in [5.41, 5.74) is 5.25. The van der Waals surface area contributed by atoms with Gasteiger partial charge in [-0.25, -0.2) is 0 Å². The van der Waals surface area contributed by atoms with Crippen molar-refractivity contribution in [3.8, 4) is 5.75 Å². The molecule has 1 aromatic carbocycles. The van der Waals surface area contributed by atoms with Gasteiger partial charge in [0.05, 0.1) is 12.7 Å². The molecule has 0 spiro atoms. The zero-order chi connectivity index (χ0) is 11.3. The second kappa shape index (κ2) is 5.57. The van der Waals surface area contributed by atoms with E-state index in [1.54, 1.807) is 24.3 Å². The van der Waals surface area contributed by atoms with Crippen LogP contribution in [0.2, 0.25) is 0 Å². The summed E-state index contributed by atoms with van der Waals surface area (Å²) in [7, 11) is 1.50. The van der Waals surface area contributed by atoms with Crippen LogP contribution in [-0.2, 0) is 0 Å². The Hall–Kier alpha value is -1.27. The van der Waals surface area contributed by atoms with Crippen LogP contribution in [0.15, 0.2) is 24.3 Å². The van der Waals surface area contributed by atoms with Crippen LogP contribution in [0, 0.1) is 0 Å². The monoisotopic (exact) mass is 242 g/mol. The molecule has 0 aliphatic heterocycles. The Morgan fingerprint density at radius 2 is 2.07 bits per heavy atom. The number of ether oxygens (including phenoxy) is 1. The Labute approximate surface area is 98.4 Å². The fourth-order valence-corrected chi connectivity index (χ4v) is 1.12. The number of amides is 1. The van der Waals surface area contributed by atoms with Crippen LogP contribution in [0.3, 0.4) is 0 Å². The Balaban J connectivity index is 2.77. The molecule has 0 saturated heterocycles. The van der Waals surface area contributed by atoms with Gasteiger partial charge in [0.2, 0.25) is 0 Å². The smallest absolute Gasteiger partial charge is 0.273 e. The fraction of sp³-hybridized carbons (Fsp3) is 0.111. The SMILES string of the molecule is COc1ccccc1C(=O)NNC(=S)S. The molecule has 4 nitrogen and oxygen atoms in total. The number of methoxy groups -OCH3 is 1. The standard InChI is InChI=1S/C9H10N2O2S2/c1-13-7-5-3-2-4-6(7)8(12)10-11-9(14)15/h2-5H,1H3,(H,10,12)(H2,11,14,15). The lowest BCUT2D eigenvalue weighted by Crippen LogP contribution is -2.38. The highest BCUT2D eigenvalue weighted by Gasteiger charge is 2.10. The zero-order valence-corrected chi connectivity index (χ0v) is 9.69. The number of benzene rings is 1. The molecule has 0 saturated carbocycles. The number of carbonyl (C=O) groups excluding carboxylic acids is 1. The fourth-order valence-electron chi connectivity index (χ4n) is 1.01. The van der Waals surface area contributed by atoms with Gasteiger partial charge < -0.3 is 4.74 Å². The molecule has 15 heavy (non-hydrogen) atoms. The van der Waals surface area contributed by atoms with Gasteiger partial charge in [0.25, 0.3) is 5.91 Å². The average molecular weight is 242 g/mol. The summed E-state index contributed by atoms with van der Waals surface area (Å²) in [5.74, 6) is 0.172. The van der Waals surface area contributed by atoms with E-state index in [0.717, 1.165) is 0 Å². The van der Waals surface area contributed by atoms with E-state index in [-0.39, 0.29) is 10.2 Å². The first-order valence-electron chi connectivity index (χ1n) is 4.07. The molecule has 1 amide bonds. The molecule has 0 atom stereocenters. The third-order valence-corrected chi connectivity index (χ3v) is 1.85. The largest absolute Gasteiger partial charge is 0.496 e. The number of carbonyl (C=O) groups is 1. The van der Waals surface area contributed by atoms with Gasteiger partial charge in [-0.05, 0) is 12.1 Å². The maximum atomic E-state index is 11.6. The molecule has 0 aromatic heterocycles. The summed E-state index contributed by atoms with van der Waals surface area (Å²) < 4.78 is 5.23. The summed E-state index contributed by atoms with van der Waals surface area (Å²) >= 11 is 8.44. The lowest BCUT2D eigenvalue weighted by molar-refractivity contribution is 0.0941. The van der Waals surface area contributed by atoms with Crippen molar-refractivity contribution < 1.29 is 9.53 Å². The Morgan fingerprint density at radius 1 is 1.40 bits per heavy atom. The van der Waals surface area contributed by atoms with Gasteiger partial charge in [-0.2, -0.15) is 0 Å². The molecule has 0 fully saturated rings. The third-order valence-electron chi connectivity index (χ3n) is 1.63. The molecule has 0 aliphatic rings. The normalized spacial score (nSPS) is 9.20. The summed E-state index contributed by atoms with van der Waals surface area (Å²) in [4.78, 5) is 11.6. The Morgan fingerprint density at radius 3 is 2.67 bits per heavy atom. The van der Waals surface area contributed by atoms with Crippen molar-refractivity contribution in [2.75, 3.05) is 7.11 Å². The van der Waals surface area contributed by atoms with E-state index in [4.69, 9.17) is 4.74 Å². The minimum Gasteiger partial charge on any atom is -0.496 e. The predicted octanol–water partition coefficient (Wildman–Crippen LogP) is 1.14. The number of hydrazine groups is 1. The molecule has 0 aliphatic carbocycles. The number of para-hydroxylation sites is 1. The van der Waals surface area contributed by atoms with Gasteiger partial charge in [0, 0.05) is 0 Å². The molecule has 0 bridgehead atoms. The van der Waals surface area contributed by atoms with E-state index in [0.29, 0.717) is 11.3 Å². The predicted molar refractivity (Wildman–Crippen MR) is 65.2 cm³/mol.